The Morgan fingerprint density at radius 3 is 2.21 bits per heavy atom. The van der Waals surface area contributed by atoms with Crippen LogP contribution >= 0.6 is 0 Å². The lowest BCUT2D eigenvalue weighted by Gasteiger charge is -2.28. The largest absolute Gasteiger partial charge is 0.456 e. The third kappa shape index (κ3) is 5.45. The first-order chi connectivity index (χ1) is 26.2. The van der Waals surface area contributed by atoms with Crippen molar-refractivity contribution >= 4 is 33.6 Å². The molecule has 0 radical (unpaired) electrons. The zero-order valence-corrected chi connectivity index (χ0v) is 29.0. The van der Waals surface area contributed by atoms with Gasteiger partial charge in [-0.1, -0.05) is 133 Å². The molecule has 0 fully saturated rings. The Hall–Kier alpha value is -6.85. The summed E-state index contributed by atoms with van der Waals surface area (Å²) in [4.78, 5) is 15.6. The van der Waals surface area contributed by atoms with Gasteiger partial charge in [-0.2, -0.15) is 0 Å². The van der Waals surface area contributed by atoms with Crippen molar-refractivity contribution in [2.75, 3.05) is 0 Å². The molecule has 2 aliphatic rings. The fourth-order valence-corrected chi connectivity index (χ4v) is 7.66. The number of allylic oxidation sites excluding steroid dienone is 5. The van der Waals surface area contributed by atoms with Crippen molar-refractivity contribution < 1.29 is 9.15 Å². The van der Waals surface area contributed by atoms with Crippen molar-refractivity contribution in [3.8, 4) is 45.4 Å². The minimum Gasteiger partial charge on any atom is -0.456 e. The van der Waals surface area contributed by atoms with Crippen LogP contribution in [0, 0.1) is 6.92 Å². The van der Waals surface area contributed by atoms with E-state index in [-0.39, 0.29) is 5.92 Å². The third-order valence-corrected chi connectivity index (χ3v) is 10.3. The molecular formula is C48H33N3O2. The average molecular weight is 684 g/mol. The molecule has 2 heterocycles. The monoisotopic (exact) mass is 683 g/mol. The van der Waals surface area contributed by atoms with Gasteiger partial charge in [0.15, 0.2) is 17.5 Å². The number of aromatic nitrogens is 3. The Balaban J connectivity index is 1.16. The molecule has 0 amide bonds. The molecule has 2 aliphatic carbocycles. The van der Waals surface area contributed by atoms with Gasteiger partial charge < -0.3 is 9.15 Å². The highest BCUT2D eigenvalue weighted by Gasteiger charge is 2.27. The van der Waals surface area contributed by atoms with Gasteiger partial charge in [0.05, 0.1) is 0 Å². The van der Waals surface area contributed by atoms with E-state index in [1.807, 2.05) is 72.8 Å². The Morgan fingerprint density at radius 2 is 1.30 bits per heavy atom. The van der Waals surface area contributed by atoms with Crippen molar-refractivity contribution in [3.63, 3.8) is 0 Å². The summed E-state index contributed by atoms with van der Waals surface area (Å²) in [6.07, 6.45) is 9.64. The zero-order chi connectivity index (χ0) is 35.3. The minimum absolute atomic E-state index is 0.238. The normalized spacial score (nSPS) is 14.8. The molecule has 5 nitrogen and oxygen atoms in total. The van der Waals surface area contributed by atoms with E-state index in [1.54, 1.807) is 0 Å². The van der Waals surface area contributed by atoms with Gasteiger partial charge in [0.1, 0.15) is 22.7 Å². The van der Waals surface area contributed by atoms with Gasteiger partial charge in [0.25, 0.3) is 0 Å². The Kier molecular flexibility index (Phi) is 7.43. The first kappa shape index (κ1) is 30.9. The molecule has 0 bridgehead atoms. The summed E-state index contributed by atoms with van der Waals surface area (Å²) >= 11 is 0. The number of furan rings is 1. The second-order valence-electron chi connectivity index (χ2n) is 13.6. The molecule has 0 aliphatic heterocycles. The molecule has 0 saturated carbocycles. The predicted octanol–water partition coefficient (Wildman–Crippen LogP) is 12.4. The van der Waals surface area contributed by atoms with Crippen molar-refractivity contribution in [2.24, 2.45) is 0 Å². The summed E-state index contributed by atoms with van der Waals surface area (Å²) in [6.45, 7) is 2.06. The highest BCUT2D eigenvalue weighted by Crippen LogP contribution is 2.46. The lowest BCUT2D eigenvalue weighted by molar-refractivity contribution is 0.480. The van der Waals surface area contributed by atoms with E-state index in [4.69, 9.17) is 24.1 Å². The maximum absolute atomic E-state index is 6.73. The predicted molar refractivity (Wildman–Crippen MR) is 214 cm³/mol. The second-order valence-corrected chi connectivity index (χ2v) is 13.6. The summed E-state index contributed by atoms with van der Waals surface area (Å²) in [7, 11) is 0. The molecule has 53 heavy (non-hydrogen) atoms. The summed E-state index contributed by atoms with van der Waals surface area (Å²) in [5, 5.41) is 1.95. The summed E-state index contributed by atoms with van der Waals surface area (Å²) in [5.74, 6) is 3.71. The van der Waals surface area contributed by atoms with Gasteiger partial charge in [0, 0.05) is 38.9 Å². The van der Waals surface area contributed by atoms with E-state index in [9.17, 15) is 0 Å². The number of benzene rings is 6. The fourth-order valence-electron chi connectivity index (χ4n) is 7.66. The number of hydrogen-bond donors (Lipinski definition) is 0. The summed E-state index contributed by atoms with van der Waals surface area (Å²) in [5.41, 5.74) is 11.3. The van der Waals surface area contributed by atoms with Gasteiger partial charge >= 0.3 is 0 Å². The highest BCUT2D eigenvalue weighted by atomic mass is 16.5. The van der Waals surface area contributed by atoms with Crippen LogP contribution in [0.4, 0.5) is 0 Å². The van der Waals surface area contributed by atoms with Crippen molar-refractivity contribution in [1.82, 2.24) is 15.0 Å². The Bertz CT molecular complexity index is 2810. The Labute approximate surface area is 307 Å². The first-order valence-corrected chi connectivity index (χ1v) is 17.9. The molecular weight excluding hydrogens is 651 g/mol. The molecule has 2 aromatic heterocycles. The molecule has 0 saturated heterocycles. The number of nitrogens with zero attached hydrogens (tertiary/aromatic N) is 3. The summed E-state index contributed by atoms with van der Waals surface area (Å²) in [6, 6.07) is 47.4. The highest BCUT2D eigenvalue weighted by molar-refractivity contribution is 6.16. The van der Waals surface area contributed by atoms with Crippen molar-refractivity contribution in [2.45, 2.75) is 19.3 Å². The number of para-hydroxylation sites is 3. The van der Waals surface area contributed by atoms with Crippen LogP contribution < -0.4 is 4.74 Å². The van der Waals surface area contributed by atoms with E-state index in [1.165, 1.54) is 16.7 Å². The SMILES string of the molecule is Cc1ccccc1Oc1ccccc1-c1ccc(-c2nc(C3=CC=C4C=Cc5ccccc5C4C3)nc(-c3ccccc3)n2)c2c1oc1ccccc12. The van der Waals surface area contributed by atoms with Gasteiger partial charge in [-0.15, -0.1) is 0 Å². The van der Waals surface area contributed by atoms with Crippen LogP contribution in [0.3, 0.4) is 0 Å². The van der Waals surface area contributed by atoms with Gasteiger partial charge in [-0.25, -0.2) is 15.0 Å². The fraction of sp³-hybridized carbons (Fsp3) is 0.0625. The first-order valence-electron chi connectivity index (χ1n) is 17.9. The topological polar surface area (TPSA) is 61.0 Å². The van der Waals surface area contributed by atoms with Crippen molar-refractivity contribution in [1.29, 1.82) is 0 Å². The number of rotatable bonds is 6. The van der Waals surface area contributed by atoms with Crippen LogP contribution in [0.1, 0.15) is 34.9 Å². The number of fused-ring (bicyclic) bond motifs is 6. The average Bonchev–Trinajstić information content (AvgIpc) is 3.61. The molecule has 6 aromatic carbocycles. The summed E-state index contributed by atoms with van der Waals surface area (Å²) < 4.78 is 13.3. The smallest absolute Gasteiger partial charge is 0.164 e. The Morgan fingerprint density at radius 1 is 0.585 bits per heavy atom. The third-order valence-electron chi connectivity index (χ3n) is 10.3. The maximum Gasteiger partial charge on any atom is 0.164 e. The maximum atomic E-state index is 6.73. The van der Waals surface area contributed by atoms with Crippen LogP contribution in [-0.2, 0) is 0 Å². The van der Waals surface area contributed by atoms with E-state index in [2.05, 4.69) is 98.0 Å². The molecule has 0 spiro atoms. The lowest BCUT2D eigenvalue weighted by Crippen LogP contribution is -2.12. The van der Waals surface area contributed by atoms with E-state index >= 15 is 0 Å². The molecule has 10 rings (SSSR count). The number of ether oxygens (including phenoxy) is 1. The minimum atomic E-state index is 0.238. The molecule has 1 atom stereocenters. The van der Waals surface area contributed by atoms with Crippen molar-refractivity contribution in [3.05, 3.63) is 186 Å². The molecule has 1 unspecified atom stereocenters. The lowest BCUT2D eigenvalue weighted by atomic mass is 9.77. The van der Waals surface area contributed by atoms with Crippen LogP contribution in [0.2, 0.25) is 0 Å². The number of hydrogen-bond acceptors (Lipinski definition) is 5. The van der Waals surface area contributed by atoms with E-state index in [0.717, 1.165) is 73.2 Å². The molecule has 252 valence electrons. The van der Waals surface area contributed by atoms with Crippen LogP contribution in [-0.4, -0.2) is 15.0 Å². The molecule has 8 aromatic rings. The van der Waals surface area contributed by atoms with Crippen LogP contribution in [0.15, 0.2) is 168 Å². The van der Waals surface area contributed by atoms with Gasteiger partial charge in [-0.05, 0) is 71.5 Å². The standard InChI is InChI=1S/C48H33N3O2/c1-30-13-5-10-20-41(30)52-42-21-11-8-18-36(42)37-27-28-39(44-38-19-9-12-22-43(38)53-45(37)44)48-50-46(33-15-3-2-4-16-33)49-47(51-48)34-26-25-32-24-23-31-14-6-7-17-35(31)40(32)29-34/h2-28,40H,29H2,1H3. The number of aryl methyl sites for hydroxylation is 1. The molecule has 5 heteroatoms. The second kappa shape index (κ2) is 12.7. The van der Waals surface area contributed by atoms with Crippen LogP contribution in [0.25, 0.3) is 67.5 Å². The van der Waals surface area contributed by atoms with E-state index in [0.29, 0.717) is 17.5 Å². The zero-order valence-electron chi connectivity index (χ0n) is 29.0. The molecule has 0 N–H and O–H groups in total. The van der Waals surface area contributed by atoms with Crippen LogP contribution in [0.5, 0.6) is 11.5 Å². The van der Waals surface area contributed by atoms with E-state index < -0.39 is 0 Å². The quantitative estimate of drug-likeness (QED) is 0.175. The van der Waals surface area contributed by atoms with Gasteiger partial charge in [-0.3, -0.25) is 0 Å². The van der Waals surface area contributed by atoms with Gasteiger partial charge in [0.2, 0.25) is 0 Å².